The number of phenolic OH excluding ortho intramolecular Hbond substituents is 1. The fourth-order valence-corrected chi connectivity index (χ4v) is 7.08. The lowest BCUT2D eigenvalue weighted by Gasteiger charge is -2.49. The first-order valence-electron chi connectivity index (χ1n) is 11.4. The van der Waals surface area contributed by atoms with Crippen molar-refractivity contribution in [3.63, 3.8) is 0 Å². The molecular weight excluding hydrogens is 543 g/mol. The smallest absolute Gasteiger partial charge is 0.352 e. The van der Waals surface area contributed by atoms with Crippen LogP contribution in [0.2, 0.25) is 5.02 Å². The molecule has 2 fully saturated rings. The number of halogens is 3. The van der Waals surface area contributed by atoms with Crippen molar-refractivity contribution >= 4 is 46.6 Å². The molecule has 1 aromatic heterocycles. The first kappa shape index (κ1) is 24.1. The SMILES string of the molecule is CN1C(=O)[C@]2(Cl)C[C@@H]3C(=CCn4c(=O)n(-c5ccccc5)c(=O)n43)[C@H](c3cc(Cl)ccc3O)[C@]2(Cl)C1=O. The van der Waals surface area contributed by atoms with Gasteiger partial charge < -0.3 is 5.11 Å². The van der Waals surface area contributed by atoms with Crippen LogP contribution in [0.1, 0.15) is 23.9 Å². The Labute approximate surface area is 224 Å². The van der Waals surface area contributed by atoms with Crippen LogP contribution in [0, 0.1) is 0 Å². The van der Waals surface area contributed by atoms with E-state index in [1.165, 1.54) is 34.6 Å². The van der Waals surface area contributed by atoms with Crippen molar-refractivity contribution in [2.24, 2.45) is 0 Å². The van der Waals surface area contributed by atoms with Crippen LogP contribution in [0.3, 0.4) is 0 Å². The molecule has 1 saturated carbocycles. The van der Waals surface area contributed by atoms with Gasteiger partial charge in [0, 0.05) is 30.0 Å². The van der Waals surface area contributed by atoms with Crippen molar-refractivity contribution in [1.29, 1.82) is 0 Å². The zero-order chi connectivity index (χ0) is 26.4. The van der Waals surface area contributed by atoms with E-state index in [-0.39, 0.29) is 29.3 Å². The number of imide groups is 1. The number of rotatable bonds is 2. The lowest BCUT2D eigenvalue weighted by Crippen LogP contribution is -2.59. The van der Waals surface area contributed by atoms with Crippen molar-refractivity contribution in [3.05, 3.63) is 91.7 Å². The largest absolute Gasteiger partial charge is 0.508 e. The molecule has 1 aliphatic carbocycles. The Hall–Kier alpha value is -3.27. The maximum absolute atomic E-state index is 13.7. The maximum atomic E-state index is 13.7. The Morgan fingerprint density at radius 1 is 0.973 bits per heavy atom. The standard InChI is InChI=1S/C25H19Cl3N4O5/c1-29-20(34)24(27)12-17-15(19(25(24,28)21(29)35)16-11-13(26)7-8-18(16)33)9-10-30-22(36)31(23(37)32(17)30)14-5-3-2-4-6-14/h2-9,11,17,19,33H,10,12H2,1H3/t17-,19-,24-,25+/m1/s1. The Morgan fingerprint density at radius 2 is 1.68 bits per heavy atom. The summed E-state index contributed by atoms with van der Waals surface area (Å²) in [5, 5.41) is 11.1. The third-order valence-corrected chi connectivity index (χ3v) is 9.24. The second-order valence-corrected chi connectivity index (χ2v) is 11.1. The van der Waals surface area contributed by atoms with E-state index in [1.807, 2.05) is 0 Å². The second-order valence-electron chi connectivity index (χ2n) is 9.41. The Kier molecular flexibility index (Phi) is 5.12. The Morgan fingerprint density at radius 3 is 2.38 bits per heavy atom. The molecule has 12 heteroatoms. The Balaban J connectivity index is 1.64. The molecule has 37 heavy (non-hydrogen) atoms. The average molecular weight is 562 g/mol. The fraction of sp³-hybridized carbons (Fsp3) is 0.280. The summed E-state index contributed by atoms with van der Waals surface area (Å²) in [4.78, 5) is 50.8. The lowest BCUT2D eigenvalue weighted by atomic mass is 9.64. The monoisotopic (exact) mass is 560 g/mol. The number of nitrogens with zero attached hydrogens (tertiary/aromatic N) is 4. The van der Waals surface area contributed by atoms with Crippen LogP contribution >= 0.6 is 34.8 Å². The summed E-state index contributed by atoms with van der Waals surface area (Å²) in [6.07, 6.45) is 1.47. The van der Waals surface area contributed by atoms with Gasteiger partial charge in [-0.05, 0) is 35.9 Å². The molecule has 2 aromatic carbocycles. The summed E-state index contributed by atoms with van der Waals surface area (Å²) in [5.41, 5.74) is -0.148. The van der Waals surface area contributed by atoms with E-state index in [0.717, 1.165) is 9.47 Å². The number of phenols is 1. The van der Waals surface area contributed by atoms with E-state index in [2.05, 4.69) is 0 Å². The molecule has 2 amide bonds. The summed E-state index contributed by atoms with van der Waals surface area (Å²) in [5.74, 6) is -2.78. The topological polar surface area (TPSA) is 107 Å². The summed E-state index contributed by atoms with van der Waals surface area (Å²) < 4.78 is 3.57. The van der Waals surface area contributed by atoms with Gasteiger partial charge in [0.2, 0.25) is 0 Å². The maximum Gasteiger partial charge on any atom is 0.352 e. The number of carbonyl (C=O) groups excluding carboxylic acids is 2. The number of alkyl halides is 2. The molecule has 0 bridgehead atoms. The van der Waals surface area contributed by atoms with E-state index in [4.69, 9.17) is 34.8 Å². The predicted octanol–water partition coefficient (Wildman–Crippen LogP) is 2.78. The summed E-state index contributed by atoms with van der Waals surface area (Å²) in [6, 6.07) is 11.8. The minimum Gasteiger partial charge on any atom is -0.508 e. The first-order valence-corrected chi connectivity index (χ1v) is 12.5. The van der Waals surface area contributed by atoms with Gasteiger partial charge in [-0.1, -0.05) is 35.9 Å². The number of amides is 2. The van der Waals surface area contributed by atoms with Crippen LogP contribution in [-0.4, -0.2) is 52.5 Å². The molecule has 2 aliphatic heterocycles. The van der Waals surface area contributed by atoms with Crippen LogP contribution < -0.4 is 11.4 Å². The Bertz CT molecular complexity index is 1660. The van der Waals surface area contributed by atoms with Gasteiger partial charge in [-0.2, -0.15) is 0 Å². The van der Waals surface area contributed by atoms with Crippen LogP contribution in [0.5, 0.6) is 5.75 Å². The van der Waals surface area contributed by atoms with Crippen molar-refractivity contribution in [2.45, 2.75) is 34.7 Å². The van der Waals surface area contributed by atoms with Crippen LogP contribution in [-0.2, 0) is 16.1 Å². The highest BCUT2D eigenvalue weighted by molar-refractivity contribution is 6.53. The van der Waals surface area contributed by atoms with Gasteiger partial charge >= 0.3 is 11.4 Å². The highest BCUT2D eigenvalue weighted by atomic mass is 35.5. The molecule has 1 N–H and O–H groups in total. The number of likely N-dealkylation sites (tertiary alicyclic amines) is 1. The molecular formula is C25H19Cl3N4O5. The zero-order valence-corrected chi connectivity index (χ0v) is 21.5. The predicted molar refractivity (Wildman–Crippen MR) is 137 cm³/mol. The first-order chi connectivity index (χ1) is 17.5. The molecule has 3 aliphatic rings. The van der Waals surface area contributed by atoms with Gasteiger partial charge in [-0.25, -0.2) is 23.5 Å². The molecule has 9 nitrogen and oxygen atoms in total. The molecule has 0 spiro atoms. The number of aromatic nitrogens is 3. The molecule has 0 radical (unpaired) electrons. The van der Waals surface area contributed by atoms with Crippen LogP contribution in [0.25, 0.3) is 5.69 Å². The van der Waals surface area contributed by atoms with Crippen LogP contribution in [0.4, 0.5) is 0 Å². The number of allylic oxidation sites excluding steroid dienone is 2. The van der Waals surface area contributed by atoms with Gasteiger partial charge in [0.25, 0.3) is 11.8 Å². The second kappa shape index (κ2) is 7.86. The number of fused-ring (bicyclic) bond motifs is 4. The van der Waals surface area contributed by atoms with Gasteiger partial charge in [0.05, 0.1) is 18.3 Å². The number of aromatic hydroxyl groups is 1. The van der Waals surface area contributed by atoms with Crippen molar-refractivity contribution < 1.29 is 14.7 Å². The molecule has 0 unspecified atom stereocenters. The van der Waals surface area contributed by atoms with E-state index in [0.29, 0.717) is 11.3 Å². The summed E-state index contributed by atoms with van der Waals surface area (Å²) >= 11 is 20.3. The molecule has 1 saturated heterocycles. The van der Waals surface area contributed by atoms with Gasteiger partial charge in [0.1, 0.15) is 5.75 Å². The van der Waals surface area contributed by atoms with Crippen molar-refractivity contribution in [1.82, 2.24) is 18.8 Å². The number of hydrogen-bond donors (Lipinski definition) is 1. The molecule has 6 rings (SSSR count). The van der Waals surface area contributed by atoms with Crippen molar-refractivity contribution in [3.8, 4) is 11.4 Å². The number of para-hydroxylation sites is 1. The number of hydrogen-bond acceptors (Lipinski definition) is 5. The summed E-state index contributed by atoms with van der Waals surface area (Å²) in [6.45, 7) is -0.00218. The van der Waals surface area contributed by atoms with E-state index < -0.39 is 44.9 Å². The molecule has 4 atom stereocenters. The number of benzene rings is 2. The lowest BCUT2D eigenvalue weighted by molar-refractivity contribution is -0.137. The highest BCUT2D eigenvalue weighted by Gasteiger charge is 2.75. The normalized spacial score (nSPS) is 28.5. The van der Waals surface area contributed by atoms with Gasteiger partial charge in [-0.3, -0.25) is 14.5 Å². The average Bonchev–Trinajstić information content (AvgIpc) is 3.21. The third kappa shape index (κ3) is 2.93. The zero-order valence-electron chi connectivity index (χ0n) is 19.3. The van der Waals surface area contributed by atoms with Crippen LogP contribution in [0.15, 0.2) is 69.8 Å². The van der Waals surface area contributed by atoms with E-state index in [1.54, 1.807) is 36.4 Å². The molecule has 3 heterocycles. The van der Waals surface area contributed by atoms with Crippen molar-refractivity contribution in [2.75, 3.05) is 7.05 Å². The molecule has 190 valence electrons. The fourth-order valence-electron chi connectivity index (χ4n) is 5.91. The number of carbonyl (C=O) groups is 2. The van der Waals surface area contributed by atoms with Gasteiger partial charge in [-0.15, -0.1) is 23.2 Å². The van der Waals surface area contributed by atoms with Gasteiger partial charge in [0.15, 0.2) is 9.75 Å². The molecule has 3 aromatic rings. The third-order valence-electron chi connectivity index (χ3n) is 7.60. The quantitative estimate of drug-likeness (QED) is 0.294. The minimum absolute atomic E-state index is 0.00218. The highest BCUT2D eigenvalue weighted by Crippen LogP contribution is 2.64. The van der Waals surface area contributed by atoms with E-state index >= 15 is 0 Å². The minimum atomic E-state index is -2.01. The summed E-state index contributed by atoms with van der Waals surface area (Å²) in [7, 11) is 1.29. The van der Waals surface area contributed by atoms with E-state index in [9.17, 15) is 24.3 Å².